The fourth-order valence-electron chi connectivity index (χ4n) is 3.32. The largest absolute Gasteiger partial charge is 0.448 e. The van der Waals surface area contributed by atoms with Gasteiger partial charge in [-0.25, -0.2) is 4.98 Å². The minimum atomic E-state index is -0.366. The topological polar surface area (TPSA) is 77.1 Å². The number of benzene rings is 2. The Bertz CT molecular complexity index is 1210. The van der Waals surface area contributed by atoms with Crippen LogP contribution in [0.25, 0.3) is 22.1 Å². The molecule has 0 saturated carbocycles. The van der Waals surface area contributed by atoms with Crippen molar-refractivity contribution in [2.24, 2.45) is 0 Å². The van der Waals surface area contributed by atoms with Crippen LogP contribution in [0, 0.1) is 6.92 Å². The first-order valence-electron chi connectivity index (χ1n) is 8.76. The number of rotatable bonds is 4. The fraction of sp³-hybridized carbons (Fsp3) is 0.190. The first kappa shape index (κ1) is 17.0. The zero-order valence-corrected chi connectivity index (χ0v) is 15.1. The molecule has 4 aromatic rings. The van der Waals surface area contributed by atoms with E-state index in [-0.39, 0.29) is 29.6 Å². The number of nitrogens with one attached hydrogen (secondary N) is 1. The molecule has 1 N–H and O–H groups in total. The Morgan fingerprint density at radius 2 is 1.93 bits per heavy atom. The molecule has 4 rings (SSSR count). The van der Waals surface area contributed by atoms with E-state index in [9.17, 15) is 9.59 Å². The second-order valence-electron chi connectivity index (χ2n) is 6.60. The van der Waals surface area contributed by atoms with E-state index in [1.807, 2.05) is 56.3 Å². The maximum atomic E-state index is 12.7. The molecular weight excluding hydrogens is 342 g/mol. The van der Waals surface area contributed by atoms with Crippen LogP contribution < -0.4 is 10.9 Å². The van der Waals surface area contributed by atoms with Crippen molar-refractivity contribution in [2.45, 2.75) is 26.4 Å². The van der Waals surface area contributed by atoms with Gasteiger partial charge in [0.1, 0.15) is 17.6 Å². The van der Waals surface area contributed by atoms with E-state index >= 15 is 0 Å². The number of amides is 1. The molecule has 0 fully saturated rings. The summed E-state index contributed by atoms with van der Waals surface area (Å²) < 4.78 is 6.91. The number of aryl methyl sites for hydroxylation is 1. The van der Waals surface area contributed by atoms with Gasteiger partial charge >= 0.3 is 0 Å². The van der Waals surface area contributed by atoms with E-state index in [2.05, 4.69) is 10.3 Å². The van der Waals surface area contributed by atoms with Crippen LogP contribution in [0.15, 0.2) is 64.1 Å². The maximum absolute atomic E-state index is 12.7. The van der Waals surface area contributed by atoms with Crippen LogP contribution in [0.4, 0.5) is 0 Å². The van der Waals surface area contributed by atoms with Crippen molar-refractivity contribution < 1.29 is 9.21 Å². The molecule has 6 heteroatoms. The van der Waals surface area contributed by atoms with E-state index in [1.54, 1.807) is 6.07 Å². The average Bonchev–Trinajstić information content (AvgIpc) is 3.04. The molecule has 2 heterocycles. The molecule has 1 atom stereocenters. The molecule has 1 amide bonds. The summed E-state index contributed by atoms with van der Waals surface area (Å²) in [5, 5.41) is 3.72. The van der Waals surface area contributed by atoms with Crippen molar-refractivity contribution in [2.75, 3.05) is 0 Å². The smallest absolute Gasteiger partial charge is 0.297 e. The standard InChI is InChI=1S/C21H19N3O3/c1-13-7-3-4-8-15(13)14(2)23-18(25)11-24-12-22-19-16-9-5-6-10-17(16)27-20(19)21(24)26/h3-10,12,14H,11H2,1-2H3,(H,23,25). The van der Waals surface area contributed by atoms with Crippen molar-refractivity contribution in [3.05, 3.63) is 76.3 Å². The van der Waals surface area contributed by atoms with Gasteiger partial charge in [-0.1, -0.05) is 36.4 Å². The van der Waals surface area contributed by atoms with Gasteiger partial charge in [0, 0.05) is 5.39 Å². The average molecular weight is 361 g/mol. The summed E-state index contributed by atoms with van der Waals surface area (Å²) in [5.41, 5.74) is 3.07. The van der Waals surface area contributed by atoms with Crippen LogP contribution in [0.2, 0.25) is 0 Å². The van der Waals surface area contributed by atoms with E-state index < -0.39 is 0 Å². The second-order valence-corrected chi connectivity index (χ2v) is 6.60. The van der Waals surface area contributed by atoms with Crippen molar-refractivity contribution >= 4 is 28.0 Å². The Morgan fingerprint density at radius 1 is 1.19 bits per heavy atom. The van der Waals surface area contributed by atoms with Crippen LogP contribution in [0.3, 0.4) is 0 Å². The Kier molecular flexibility index (Phi) is 4.24. The SMILES string of the molecule is Cc1ccccc1C(C)NC(=O)Cn1cnc2c(oc3ccccc32)c1=O. The molecule has 0 aliphatic rings. The first-order chi connectivity index (χ1) is 13.0. The van der Waals surface area contributed by atoms with Gasteiger partial charge in [-0.3, -0.25) is 14.2 Å². The van der Waals surface area contributed by atoms with E-state index in [4.69, 9.17) is 4.42 Å². The van der Waals surface area contributed by atoms with Gasteiger partial charge in [-0.2, -0.15) is 0 Å². The Morgan fingerprint density at radius 3 is 2.74 bits per heavy atom. The molecule has 0 saturated heterocycles. The predicted molar refractivity (Wildman–Crippen MR) is 104 cm³/mol. The number of hydrogen-bond acceptors (Lipinski definition) is 4. The van der Waals surface area contributed by atoms with Gasteiger partial charge in [0.15, 0.2) is 0 Å². The van der Waals surface area contributed by atoms with E-state index in [0.717, 1.165) is 16.5 Å². The van der Waals surface area contributed by atoms with Gasteiger partial charge in [-0.15, -0.1) is 0 Å². The van der Waals surface area contributed by atoms with Crippen molar-refractivity contribution in [3.63, 3.8) is 0 Å². The minimum absolute atomic E-state index is 0.116. The molecule has 6 nitrogen and oxygen atoms in total. The van der Waals surface area contributed by atoms with Crippen LogP contribution in [0.1, 0.15) is 24.1 Å². The number of para-hydroxylation sites is 1. The van der Waals surface area contributed by atoms with Crippen LogP contribution in [-0.2, 0) is 11.3 Å². The second kappa shape index (κ2) is 6.72. The number of carbonyl (C=O) groups excluding carboxylic acids is 1. The van der Waals surface area contributed by atoms with Crippen molar-refractivity contribution in [1.82, 2.24) is 14.9 Å². The zero-order chi connectivity index (χ0) is 19.0. The van der Waals surface area contributed by atoms with Crippen molar-refractivity contribution in [3.8, 4) is 0 Å². The van der Waals surface area contributed by atoms with Gasteiger partial charge in [-0.05, 0) is 37.1 Å². The summed E-state index contributed by atoms with van der Waals surface area (Å²) in [6.45, 7) is 3.81. The third-order valence-corrected chi connectivity index (χ3v) is 4.70. The normalized spacial score (nSPS) is 12.4. The van der Waals surface area contributed by atoms with Crippen LogP contribution in [0.5, 0.6) is 0 Å². The molecule has 27 heavy (non-hydrogen) atoms. The lowest BCUT2D eigenvalue weighted by Crippen LogP contribution is -2.34. The monoisotopic (exact) mass is 361 g/mol. The van der Waals surface area contributed by atoms with Gasteiger partial charge < -0.3 is 9.73 Å². The molecule has 0 bridgehead atoms. The molecule has 0 aliphatic heterocycles. The number of carbonyl (C=O) groups is 1. The zero-order valence-electron chi connectivity index (χ0n) is 15.1. The highest BCUT2D eigenvalue weighted by atomic mass is 16.3. The molecule has 1 unspecified atom stereocenters. The third kappa shape index (κ3) is 3.10. The summed E-state index contributed by atoms with van der Waals surface area (Å²) in [6.07, 6.45) is 1.39. The van der Waals surface area contributed by atoms with Crippen molar-refractivity contribution in [1.29, 1.82) is 0 Å². The van der Waals surface area contributed by atoms with Crippen LogP contribution in [-0.4, -0.2) is 15.5 Å². The molecule has 0 spiro atoms. The molecule has 0 aliphatic carbocycles. The quantitative estimate of drug-likeness (QED) is 0.605. The highest BCUT2D eigenvalue weighted by molar-refractivity contribution is 6.01. The lowest BCUT2D eigenvalue weighted by Gasteiger charge is -2.16. The highest BCUT2D eigenvalue weighted by Gasteiger charge is 2.16. The molecule has 2 aromatic heterocycles. The number of nitrogens with zero attached hydrogens (tertiary/aromatic N) is 2. The summed E-state index contributed by atoms with van der Waals surface area (Å²) >= 11 is 0. The summed E-state index contributed by atoms with van der Waals surface area (Å²) in [6, 6.07) is 15.1. The summed E-state index contributed by atoms with van der Waals surface area (Å²) in [4.78, 5) is 29.5. The predicted octanol–water partition coefficient (Wildman–Crippen LogP) is 3.33. The Labute approximate surface area is 155 Å². The summed E-state index contributed by atoms with van der Waals surface area (Å²) in [7, 11) is 0. The van der Waals surface area contributed by atoms with Gasteiger partial charge in [0.2, 0.25) is 11.5 Å². The fourth-order valence-corrected chi connectivity index (χ4v) is 3.32. The molecule has 2 aromatic carbocycles. The number of fused-ring (bicyclic) bond motifs is 3. The minimum Gasteiger partial charge on any atom is -0.448 e. The highest BCUT2D eigenvalue weighted by Crippen LogP contribution is 2.24. The van der Waals surface area contributed by atoms with Crippen LogP contribution >= 0.6 is 0 Å². The van der Waals surface area contributed by atoms with Gasteiger partial charge in [0.05, 0.1) is 12.4 Å². The van der Waals surface area contributed by atoms with Gasteiger partial charge in [0.25, 0.3) is 5.56 Å². The first-order valence-corrected chi connectivity index (χ1v) is 8.76. The van der Waals surface area contributed by atoms with E-state index in [0.29, 0.717) is 11.1 Å². The number of hydrogen-bond donors (Lipinski definition) is 1. The number of aromatic nitrogens is 2. The lowest BCUT2D eigenvalue weighted by atomic mass is 10.0. The molecular formula is C21H19N3O3. The van der Waals surface area contributed by atoms with E-state index in [1.165, 1.54) is 10.9 Å². The molecule has 136 valence electrons. The molecule has 0 radical (unpaired) electrons. The number of furan rings is 1. The lowest BCUT2D eigenvalue weighted by molar-refractivity contribution is -0.122. The summed E-state index contributed by atoms with van der Waals surface area (Å²) in [5.74, 6) is -0.259. The maximum Gasteiger partial charge on any atom is 0.297 e. The Hall–Kier alpha value is -3.41. The Balaban J connectivity index is 1.59. The third-order valence-electron chi connectivity index (χ3n) is 4.70.